The third-order valence-electron chi connectivity index (χ3n) is 6.01. The number of hydrogen-bond donors (Lipinski definition) is 1. The van der Waals surface area contributed by atoms with Gasteiger partial charge in [-0.15, -0.1) is 0 Å². The molecule has 0 saturated heterocycles. The van der Waals surface area contributed by atoms with Crippen molar-refractivity contribution in [1.29, 1.82) is 0 Å². The Labute approximate surface area is 162 Å². The van der Waals surface area contributed by atoms with E-state index in [0.29, 0.717) is 0 Å². The number of aryl methyl sites for hydroxylation is 2. The predicted octanol–water partition coefficient (Wildman–Crippen LogP) is 5.81. The van der Waals surface area contributed by atoms with Crippen LogP contribution in [0.4, 0.5) is 0 Å². The van der Waals surface area contributed by atoms with Crippen LogP contribution in [-0.4, -0.2) is 16.1 Å². The van der Waals surface area contributed by atoms with Gasteiger partial charge in [-0.05, 0) is 83.5 Å². The summed E-state index contributed by atoms with van der Waals surface area (Å²) in [6, 6.07) is 6.74. The molecule has 0 amide bonds. The number of aromatic nitrogens is 1. The summed E-state index contributed by atoms with van der Waals surface area (Å²) in [6.07, 6.45) is 6.84. The molecule has 1 aliphatic rings. The minimum Gasteiger partial charge on any atom is -0.478 e. The van der Waals surface area contributed by atoms with Crippen molar-refractivity contribution in [2.45, 2.75) is 65.2 Å². The molecule has 1 heterocycles. The number of aliphatic carboxylic acids is 1. The van der Waals surface area contributed by atoms with Crippen molar-refractivity contribution in [3.63, 3.8) is 0 Å². The van der Waals surface area contributed by atoms with Crippen LogP contribution in [0, 0.1) is 13.8 Å². The van der Waals surface area contributed by atoms with Crippen molar-refractivity contribution < 1.29 is 9.90 Å². The lowest BCUT2D eigenvalue weighted by Crippen LogP contribution is -2.34. The fourth-order valence-corrected chi connectivity index (χ4v) is 4.09. The Hall–Kier alpha value is -2.42. The summed E-state index contributed by atoms with van der Waals surface area (Å²) >= 11 is 0. The van der Waals surface area contributed by atoms with E-state index in [4.69, 9.17) is 5.11 Å². The Bertz CT molecular complexity index is 936. The molecule has 27 heavy (non-hydrogen) atoms. The molecule has 2 aromatic rings. The number of carboxylic acids is 1. The number of fused-ring (bicyclic) bond motifs is 1. The minimum atomic E-state index is -0.953. The lowest BCUT2D eigenvalue weighted by molar-refractivity contribution is -0.131. The highest BCUT2D eigenvalue weighted by Gasteiger charge is 2.37. The number of nitrogens with zero attached hydrogens (tertiary/aromatic N) is 1. The van der Waals surface area contributed by atoms with Crippen LogP contribution in [-0.2, 0) is 15.6 Å². The molecular weight excluding hydrogens is 334 g/mol. The van der Waals surface area contributed by atoms with E-state index >= 15 is 0 Å². The van der Waals surface area contributed by atoms with Gasteiger partial charge in [-0.25, -0.2) is 4.79 Å². The Morgan fingerprint density at radius 3 is 2.19 bits per heavy atom. The molecule has 0 fully saturated rings. The molecule has 3 rings (SSSR count). The lowest BCUT2D eigenvalue weighted by Gasteiger charge is -2.42. The van der Waals surface area contributed by atoms with E-state index in [-0.39, 0.29) is 10.8 Å². The van der Waals surface area contributed by atoms with Crippen molar-refractivity contribution in [2.24, 2.45) is 0 Å². The average molecular weight is 364 g/mol. The molecule has 0 spiro atoms. The molecule has 0 unspecified atom stereocenters. The van der Waals surface area contributed by atoms with Crippen LogP contribution in [0.25, 0.3) is 17.2 Å². The molecule has 1 aromatic carbocycles. The van der Waals surface area contributed by atoms with Gasteiger partial charge < -0.3 is 5.11 Å². The summed E-state index contributed by atoms with van der Waals surface area (Å²) in [7, 11) is 0. The van der Waals surface area contributed by atoms with Crippen LogP contribution in [0.3, 0.4) is 0 Å². The minimum absolute atomic E-state index is 0.148. The molecule has 3 heteroatoms. The summed E-state index contributed by atoms with van der Waals surface area (Å²) in [5, 5.41) is 8.89. The smallest absolute Gasteiger partial charge is 0.328 e. The average Bonchev–Trinajstić information content (AvgIpc) is 2.58. The largest absolute Gasteiger partial charge is 0.478 e. The van der Waals surface area contributed by atoms with Gasteiger partial charge in [-0.3, -0.25) is 4.98 Å². The zero-order valence-corrected chi connectivity index (χ0v) is 17.2. The van der Waals surface area contributed by atoms with E-state index in [1.807, 2.05) is 13.0 Å². The van der Waals surface area contributed by atoms with Gasteiger partial charge in [0.25, 0.3) is 0 Å². The first-order valence-electron chi connectivity index (χ1n) is 9.55. The molecule has 0 radical (unpaired) electrons. The van der Waals surface area contributed by atoms with E-state index in [1.54, 1.807) is 12.3 Å². The molecule has 142 valence electrons. The van der Waals surface area contributed by atoms with Crippen LogP contribution in [0.2, 0.25) is 0 Å². The highest BCUT2D eigenvalue weighted by molar-refractivity contribution is 5.85. The fraction of sp³-hybridized carbons (Fsp3) is 0.417. The second kappa shape index (κ2) is 6.63. The van der Waals surface area contributed by atoms with E-state index in [2.05, 4.69) is 51.7 Å². The van der Waals surface area contributed by atoms with Crippen molar-refractivity contribution >= 4 is 12.0 Å². The quantitative estimate of drug-likeness (QED) is 0.700. The Morgan fingerprint density at radius 1 is 1.00 bits per heavy atom. The molecule has 0 aliphatic heterocycles. The molecule has 0 saturated carbocycles. The van der Waals surface area contributed by atoms with Gasteiger partial charge in [0.1, 0.15) is 0 Å². The SMILES string of the molecule is Cc1cc2c(cc1-c1cc(C=CC(=O)O)cnc1C)C(C)(C)CCC2(C)C. The van der Waals surface area contributed by atoms with Crippen molar-refractivity contribution in [2.75, 3.05) is 0 Å². The summed E-state index contributed by atoms with van der Waals surface area (Å²) in [6.45, 7) is 13.5. The zero-order chi connectivity index (χ0) is 20.0. The zero-order valence-electron chi connectivity index (χ0n) is 17.2. The number of hydrogen-bond acceptors (Lipinski definition) is 2. The van der Waals surface area contributed by atoms with Crippen molar-refractivity contribution in [3.8, 4) is 11.1 Å². The summed E-state index contributed by atoms with van der Waals surface area (Å²) in [4.78, 5) is 15.3. The van der Waals surface area contributed by atoms with Crippen molar-refractivity contribution in [1.82, 2.24) is 4.98 Å². The number of benzene rings is 1. The van der Waals surface area contributed by atoms with Crippen LogP contribution >= 0.6 is 0 Å². The second-order valence-corrected chi connectivity index (χ2v) is 9.05. The Balaban J connectivity index is 2.19. The van der Waals surface area contributed by atoms with Crippen LogP contribution in [0.15, 0.2) is 30.5 Å². The van der Waals surface area contributed by atoms with Gasteiger partial charge in [0, 0.05) is 23.5 Å². The Morgan fingerprint density at radius 2 is 1.59 bits per heavy atom. The normalized spacial score (nSPS) is 17.7. The first kappa shape index (κ1) is 19.3. The van der Waals surface area contributed by atoms with E-state index in [1.165, 1.54) is 35.1 Å². The van der Waals surface area contributed by atoms with Gasteiger partial charge in [-0.1, -0.05) is 33.8 Å². The topological polar surface area (TPSA) is 50.2 Å². The third-order valence-corrected chi connectivity index (χ3v) is 6.01. The maximum Gasteiger partial charge on any atom is 0.328 e. The maximum absolute atomic E-state index is 10.8. The fourth-order valence-electron chi connectivity index (χ4n) is 4.09. The Kier molecular flexibility index (Phi) is 4.75. The molecule has 1 aliphatic carbocycles. The summed E-state index contributed by atoms with van der Waals surface area (Å²) in [5.41, 5.74) is 8.47. The van der Waals surface area contributed by atoms with Gasteiger partial charge in [-0.2, -0.15) is 0 Å². The van der Waals surface area contributed by atoms with Crippen LogP contribution in [0.5, 0.6) is 0 Å². The van der Waals surface area contributed by atoms with Gasteiger partial charge >= 0.3 is 5.97 Å². The highest BCUT2D eigenvalue weighted by atomic mass is 16.4. The van der Waals surface area contributed by atoms with E-state index in [0.717, 1.165) is 22.9 Å². The van der Waals surface area contributed by atoms with Gasteiger partial charge in [0.2, 0.25) is 0 Å². The molecule has 0 bridgehead atoms. The number of carbonyl (C=O) groups is 1. The molecule has 1 aromatic heterocycles. The monoisotopic (exact) mass is 363 g/mol. The summed E-state index contributed by atoms with van der Waals surface area (Å²) < 4.78 is 0. The van der Waals surface area contributed by atoms with E-state index < -0.39 is 5.97 Å². The van der Waals surface area contributed by atoms with Gasteiger partial charge in [0.05, 0.1) is 0 Å². The third kappa shape index (κ3) is 3.69. The number of rotatable bonds is 3. The van der Waals surface area contributed by atoms with Crippen molar-refractivity contribution in [3.05, 3.63) is 58.4 Å². The van der Waals surface area contributed by atoms with Gasteiger partial charge in [0.15, 0.2) is 0 Å². The lowest BCUT2D eigenvalue weighted by atomic mass is 9.62. The number of carboxylic acid groups (broad SMARTS) is 1. The first-order valence-corrected chi connectivity index (χ1v) is 9.55. The second-order valence-electron chi connectivity index (χ2n) is 9.05. The molecule has 1 N–H and O–H groups in total. The highest BCUT2D eigenvalue weighted by Crippen LogP contribution is 2.47. The molecule has 3 nitrogen and oxygen atoms in total. The maximum atomic E-state index is 10.8. The van der Waals surface area contributed by atoms with Crippen LogP contribution < -0.4 is 0 Å². The summed E-state index contributed by atoms with van der Waals surface area (Å²) in [5.74, 6) is -0.953. The predicted molar refractivity (Wildman–Crippen MR) is 111 cm³/mol. The first-order chi connectivity index (χ1) is 12.5. The van der Waals surface area contributed by atoms with Crippen LogP contribution in [0.1, 0.15) is 68.5 Å². The standard InChI is InChI=1S/C24H29NO2/c1-15-11-20-21(24(5,6)10-9-23(20,3)4)13-18(15)19-12-17(7-8-22(26)27)14-25-16(19)2/h7-8,11-14H,9-10H2,1-6H3,(H,26,27). The molecule has 0 atom stereocenters. The van der Waals surface area contributed by atoms with E-state index in [9.17, 15) is 4.79 Å². The molecular formula is C24H29NO2. The number of pyridine rings is 1.